The smallest absolute Gasteiger partial charge is 0.226 e. The lowest BCUT2D eigenvalue weighted by molar-refractivity contribution is -0.141. The Hall–Kier alpha value is -2.74. The molecule has 0 radical (unpaired) electrons. The molecule has 0 spiro atoms. The number of hydrogen-bond acceptors (Lipinski definition) is 4. The molecular formula is C19H23FN4O3. The Balaban J connectivity index is 1.57. The Kier molecular flexibility index (Phi) is 6.18. The molecule has 8 heteroatoms. The summed E-state index contributed by atoms with van der Waals surface area (Å²) in [4.78, 5) is 30.8. The summed E-state index contributed by atoms with van der Waals surface area (Å²) in [6.07, 6.45) is 3.92. The minimum atomic E-state index is -0.491. The molecule has 144 valence electrons. The normalized spacial score (nSPS) is 17.0. The third-order valence-corrected chi connectivity index (χ3v) is 4.61. The molecule has 2 heterocycles. The first-order valence-electron chi connectivity index (χ1n) is 8.94. The standard InChI is InChI=1S/C19H23FN4O3/c1-14-21-7-9-23(14)8-6-19(26)24-10-11-27-13-15(24)12-18(25)22-17-5-3-2-4-16(17)20/h2-5,7,9,15H,6,8,10-13H2,1H3,(H,22,25). The van der Waals surface area contributed by atoms with Crippen molar-refractivity contribution in [3.8, 4) is 0 Å². The van der Waals surface area contributed by atoms with Crippen molar-refractivity contribution >= 4 is 17.5 Å². The van der Waals surface area contributed by atoms with Crippen molar-refractivity contribution in [2.24, 2.45) is 0 Å². The van der Waals surface area contributed by atoms with Gasteiger partial charge in [-0.1, -0.05) is 12.1 Å². The zero-order chi connectivity index (χ0) is 19.2. The average Bonchev–Trinajstić information content (AvgIpc) is 3.07. The quantitative estimate of drug-likeness (QED) is 0.839. The number of halogens is 1. The monoisotopic (exact) mass is 374 g/mol. The van der Waals surface area contributed by atoms with Crippen molar-refractivity contribution in [2.75, 3.05) is 25.1 Å². The van der Waals surface area contributed by atoms with Crippen LogP contribution in [0.2, 0.25) is 0 Å². The van der Waals surface area contributed by atoms with Gasteiger partial charge in [0.15, 0.2) is 0 Å². The number of carbonyl (C=O) groups is 2. The lowest BCUT2D eigenvalue weighted by atomic mass is 10.1. The molecule has 1 unspecified atom stereocenters. The Morgan fingerprint density at radius 1 is 1.37 bits per heavy atom. The molecular weight excluding hydrogens is 351 g/mol. The number of aryl methyl sites for hydroxylation is 2. The number of nitrogens with one attached hydrogen (secondary N) is 1. The molecule has 2 aromatic rings. The molecule has 1 fully saturated rings. The van der Waals surface area contributed by atoms with E-state index in [1.54, 1.807) is 23.2 Å². The van der Waals surface area contributed by atoms with Gasteiger partial charge in [0.2, 0.25) is 11.8 Å². The summed E-state index contributed by atoms with van der Waals surface area (Å²) in [5.74, 6) is -0.0195. The first kappa shape index (κ1) is 19.0. The van der Waals surface area contributed by atoms with Gasteiger partial charge in [-0.25, -0.2) is 9.37 Å². The topological polar surface area (TPSA) is 76.5 Å². The van der Waals surface area contributed by atoms with E-state index in [1.165, 1.54) is 12.1 Å². The highest BCUT2D eigenvalue weighted by atomic mass is 19.1. The number of aromatic nitrogens is 2. The number of morpholine rings is 1. The number of para-hydroxylation sites is 1. The Labute approximate surface area is 157 Å². The maximum absolute atomic E-state index is 13.7. The molecule has 1 saturated heterocycles. The summed E-state index contributed by atoms with van der Waals surface area (Å²) < 4.78 is 21.0. The van der Waals surface area contributed by atoms with Crippen LogP contribution < -0.4 is 5.32 Å². The summed E-state index contributed by atoms with van der Waals surface area (Å²) in [7, 11) is 0. The second-order valence-electron chi connectivity index (χ2n) is 6.47. The van der Waals surface area contributed by atoms with E-state index in [-0.39, 0.29) is 30.0 Å². The fourth-order valence-corrected chi connectivity index (χ4v) is 3.13. The zero-order valence-electron chi connectivity index (χ0n) is 15.2. The van der Waals surface area contributed by atoms with Crippen LogP contribution in [0.25, 0.3) is 0 Å². The van der Waals surface area contributed by atoms with Gasteiger partial charge < -0.3 is 19.5 Å². The van der Waals surface area contributed by atoms with E-state index < -0.39 is 5.82 Å². The summed E-state index contributed by atoms with van der Waals surface area (Å²) in [5, 5.41) is 2.56. The first-order chi connectivity index (χ1) is 13.0. The predicted octanol–water partition coefficient (Wildman–Crippen LogP) is 1.98. The van der Waals surface area contributed by atoms with Crippen LogP contribution >= 0.6 is 0 Å². The summed E-state index contributed by atoms with van der Waals surface area (Å²) in [6, 6.07) is 5.63. The van der Waals surface area contributed by atoms with Crippen LogP contribution in [0.5, 0.6) is 0 Å². The average molecular weight is 374 g/mol. The number of amides is 2. The summed E-state index contributed by atoms with van der Waals surface area (Å²) in [6.45, 7) is 3.60. The maximum Gasteiger partial charge on any atom is 0.226 e. The Morgan fingerprint density at radius 3 is 2.93 bits per heavy atom. The van der Waals surface area contributed by atoms with E-state index in [1.807, 2.05) is 17.7 Å². The number of imidazole rings is 1. The van der Waals surface area contributed by atoms with Crippen LogP contribution in [-0.4, -0.2) is 52.1 Å². The van der Waals surface area contributed by atoms with Gasteiger partial charge in [-0.3, -0.25) is 9.59 Å². The molecule has 1 aliphatic rings. The SMILES string of the molecule is Cc1nccn1CCC(=O)N1CCOCC1CC(=O)Nc1ccccc1F. The van der Waals surface area contributed by atoms with Crippen molar-refractivity contribution in [1.29, 1.82) is 0 Å². The van der Waals surface area contributed by atoms with Gasteiger partial charge in [0.1, 0.15) is 11.6 Å². The predicted molar refractivity (Wildman–Crippen MR) is 97.5 cm³/mol. The number of rotatable bonds is 6. The lowest BCUT2D eigenvalue weighted by Crippen LogP contribution is -2.50. The molecule has 0 saturated carbocycles. The van der Waals surface area contributed by atoms with Crippen molar-refractivity contribution in [3.63, 3.8) is 0 Å². The van der Waals surface area contributed by atoms with E-state index in [9.17, 15) is 14.0 Å². The molecule has 1 aromatic heterocycles. The number of ether oxygens (including phenoxy) is 1. The number of hydrogen-bond donors (Lipinski definition) is 1. The lowest BCUT2D eigenvalue weighted by Gasteiger charge is -2.35. The molecule has 1 aromatic carbocycles. The largest absolute Gasteiger partial charge is 0.377 e. The van der Waals surface area contributed by atoms with Gasteiger partial charge in [0.05, 0.1) is 24.9 Å². The van der Waals surface area contributed by atoms with Crippen molar-refractivity contribution in [2.45, 2.75) is 32.4 Å². The minimum Gasteiger partial charge on any atom is -0.377 e. The Bertz CT molecular complexity index is 808. The fourth-order valence-electron chi connectivity index (χ4n) is 3.13. The van der Waals surface area contributed by atoms with Crippen molar-refractivity contribution in [3.05, 3.63) is 48.3 Å². The van der Waals surface area contributed by atoms with Crippen LogP contribution in [0.15, 0.2) is 36.7 Å². The van der Waals surface area contributed by atoms with Gasteiger partial charge >= 0.3 is 0 Å². The molecule has 2 amide bonds. The number of carbonyl (C=O) groups excluding carboxylic acids is 2. The highest BCUT2D eigenvalue weighted by molar-refractivity contribution is 5.91. The highest BCUT2D eigenvalue weighted by Gasteiger charge is 2.29. The van der Waals surface area contributed by atoms with E-state index >= 15 is 0 Å². The highest BCUT2D eigenvalue weighted by Crippen LogP contribution is 2.16. The molecule has 1 atom stereocenters. The van der Waals surface area contributed by atoms with Gasteiger partial charge in [0, 0.05) is 38.3 Å². The van der Waals surface area contributed by atoms with Gasteiger partial charge in [-0.15, -0.1) is 0 Å². The molecule has 1 aliphatic heterocycles. The number of benzene rings is 1. The zero-order valence-corrected chi connectivity index (χ0v) is 15.2. The molecule has 27 heavy (non-hydrogen) atoms. The molecule has 0 bridgehead atoms. The summed E-state index contributed by atoms with van der Waals surface area (Å²) >= 11 is 0. The van der Waals surface area contributed by atoms with Crippen LogP contribution in [0.4, 0.5) is 10.1 Å². The second-order valence-corrected chi connectivity index (χ2v) is 6.47. The third kappa shape index (κ3) is 4.91. The van der Waals surface area contributed by atoms with Crippen molar-refractivity contribution < 1.29 is 18.7 Å². The van der Waals surface area contributed by atoms with Gasteiger partial charge in [0.25, 0.3) is 0 Å². The van der Waals surface area contributed by atoms with E-state index in [0.29, 0.717) is 32.7 Å². The van der Waals surface area contributed by atoms with Crippen LogP contribution in [0.3, 0.4) is 0 Å². The van der Waals surface area contributed by atoms with Crippen LogP contribution in [-0.2, 0) is 20.9 Å². The van der Waals surface area contributed by atoms with Gasteiger partial charge in [-0.05, 0) is 19.1 Å². The summed E-state index contributed by atoms with van der Waals surface area (Å²) in [5.41, 5.74) is 0.132. The Morgan fingerprint density at radius 2 is 2.19 bits per heavy atom. The van der Waals surface area contributed by atoms with Gasteiger partial charge in [-0.2, -0.15) is 0 Å². The molecule has 7 nitrogen and oxygen atoms in total. The van der Waals surface area contributed by atoms with Crippen LogP contribution in [0, 0.1) is 12.7 Å². The third-order valence-electron chi connectivity index (χ3n) is 4.61. The fraction of sp³-hybridized carbons (Fsp3) is 0.421. The van der Waals surface area contributed by atoms with Crippen LogP contribution in [0.1, 0.15) is 18.7 Å². The van der Waals surface area contributed by atoms with Crippen molar-refractivity contribution in [1.82, 2.24) is 14.5 Å². The molecule has 0 aliphatic carbocycles. The van der Waals surface area contributed by atoms with E-state index in [2.05, 4.69) is 10.3 Å². The number of nitrogens with zero attached hydrogens (tertiary/aromatic N) is 3. The first-order valence-corrected chi connectivity index (χ1v) is 8.94. The second kappa shape index (κ2) is 8.77. The minimum absolute atomic E-state index is 0.0323. The van der Waals surface area contributed by atoms with E-state index in [4.69, 9.17) is 4.74 Å². The maximum atomic E-state index is 13.7. The molecule has 1 N–H and O–H groups in total. The molecule has 3 rings (SSSR count). The van der Waals surface area contributed by atoms with E-state index in [0.717, 1.165) is 5.82 Å². The number of anilines is 1.